The van der Waals surface area contributed by atoms with Gasteiger partial charge in [0, 0.05) is 19.5 Å². The van der Waals surface area contributed by atoms with Gasteiger partial charge < -0.3 is 10.2 Å². The average Bonchev–Trinajstić information content (AvgIpc) is 2.30. The maximum Gasteiger partial charge on any atom is 0.239 e. The molecule has 1 N–H and O–H groups in total. The summed E-state index contributed by atoms with van der Waals surface area (Å²) in [6, 6.07) is 1.99. The average molecular weight is 225 g/mol. The Morgan fingerprint density at radius 1 is 1.38 bits per heavy atom. The van der Waals surface area contributed by atoms with E-state index in [-0.39, 0.29) is 11.9 Å². The van der Waals surface area contributed by atoms with Crippen molar-refractivity contribution in [2.75, 3.05) is 19.6 Å². The van der Waals surface area contributed by atoms with Crippen LogP contribution in [0.15, 0.2) is 0 Å². The number of unbranched alkanes of at least 4 members (excludes halogenated alkanes) is 2. The van der Waals surface area contributed by atoms with Crippen LogP contribution in [0.3, 0.4) is 0 Å². The molecule has 0 aromatic rings. The number of amides is 1. The van der Waals surface area contributed by atoms with Crippen LogP contribution in [0.5, 0.6) is 0 Å². The Bertz CT molecular complexity index is 231. The van der Waals surface area contributed by atoms with E-state index in [2.05, 4.69) is 11.4 Å². The Hall–Kier alpha value is -1.08. The second-order valence-electron chi connectivity index (χ2n) is 3.80. The van der Waals surface area contributed by atoms with Crippen LogP contribution < -0.4 is 5.32 Å². The van der Waals surface area contributed by atoms with Crippen LogP contribution >= 0.6 is 0 Å². The number of hydrogen-bond acceptors (Lipinski definition) is 3. The molecule has 0 rings (SSSR count). The topological polar surface area (TPSA) is 56.1 Å². The van der Waals surface area contributed by atoms with E-state index in [1.807, 2.05) is 25.7 Å². The molecule has 4 heteroatoms. The number of likely N-dealkylation sites (N-methyl/N-ethyl adjacent to an activating group) is 1. The molecule has 0 saturated carbocycles. The summed E-state index contributed by atoms with van der Waals surface area (Å²) in [5.74, 6) is 0.158. The van der Waals surface area contributed by atoms with Crippen molar-refractivity contribution in [3.8, 4) is 6.07 Å². The number of nitrogens with one attached hydrogen (secondary N) is 1. The molecule has 0 heterocycles. The molecule has 0 spiro atoms. The standard InChI is InChI=1S/C12H23N3O/c1-4-15(5-2)12(16)11(3)14-10-8-6-7-9-13/h11,14H,4-8,10H2,1-3H3. The highest BCUT2D eigenvalue weighted by molar-refractivity contribution is 5.81. The summed E-state index contributed by atoms with van der Waals surface area (Å²) in [4.78, 5) is 13.7. The summed E-state index contributed by atoms with van der Waals surface area (Å²) >= 11 is 0. The fourth-order valence-corrected chi connectivity index (χ4v) is 1.54. The van der Waals surface area contributed by atoms with E-state index in [9.17, 15) is 4.79 Å². The number of hydrogen-bond donors (Lipinski definition) is 1. The largest absolute Gasteiger partial charge is 0.342 e. The molecular formula is C12H23N3O. The molecule has 0 aliphatic rings. The van der Waals surface area contributed by atoms with E-state index in [1.54, 1.807) is 0 Å². The lowest BCUT2D eigenvalue weighted by molar-refractivity contribution is -0.132. The van der Waals surface area contributed by atoms with Crippen molar-refractivity contribution >= 4 is 5.91 Å². The van der Waals surface area contributed by atoms with Gasteiger partial charge in [-0.15, -0.1) is 0 Å². The first-order valence-electron chi connectivity index (χ1n) is 6.06. The van der Waals surface area contributed by atoms with Gasteiger partial charge in [0.1, 0.15) is 0 Å². The third-order valence-electron chi connectivity index (χ3n) is 2.61. The van der Waals surface area contributed by atoms with Gasteiger partial charge >= 0.3 is 0 Å². The highest BCUT2D eigenvalue weighted by Crippen LogP contribution is 1.96. The molecule has 1 amide bonds. The van der Waals surface area contributed by atoms with Crippen molar-refractivity contribution in [3.63, 3.8) is 0 Å². The van der Waals surface area contributed by atoms with Crippen LogP contribution in [0.2, 0.25) is 0 Å². The zero-order valence-electron chi connectivity index (χ0n) is 10.6. The predicted octanol–water partition coefficient (Wildman–Crippen LogP) is 1.53. The van der Waals surface area contributed by atoms with Crippen molar-refractivity contribution in [1.82, 2.24) is 10.2 Å². The minimum atomic E-state index is -0.123. The first-order chi connectivity index (χ1) is 7.67. The molecule has 0 aliphatic heterocycles. The first kappa shape index (κ1) is 14.9. The fourth-order valence-electron chi connectivity index (χ4n) is 1.54. The summed E-state index contributed by atoms with van der Waals surface area (Å²) in [5, 5.41) is 11.6. The van der Waals surface area contributed by atoms with Crippen molar-refractivity contribution in [2.24, 2.45) is 0 Å². The van der Waals surface area contributed by atoms with Gasteiger partial charge in [0.05, 0.1) is 12.1 Å². The Kier molecular flexibility index (Phi) is 8.55. The molecule has 92 valence electrons. The zero-order chi connectivity index (χ0) is 12.4. The molecule has 0 fully saturated rings. The zero-order valence-corrected chi connectivity index (χ0v) is 10.6. The summed E-state index contributed by atoms with van der Waals surface area (Å²) in [6.45, 7) is 8.19. The predicted molar refractivity (Wildman–Crippen MR) is 64.9 cm³/mol. The lowest BCUT2D eigenvalue weighted by atomic mass is 10.2. The smallest absolute Gasteiger partial charge is 0.239 e. The van der Waals surface area contributed by atoms with E-state index in [4.69, 9.17) is 5.26 Å². The van der Waals surface area contributed by atoms with E-state index in [0.29, 0.717) is 6.42 Å². The first-order valence-corrected chi connectivity index (χ1v) is 6.06. The normalized spacial score (nSPS) is 11.9. The molecule has 0 saturated heterocycles. The van der Waals surface area contributed by atoms with Crippen LogP contribution in [0.4, 0.5) is 0 Å². The number of carbonyl (C=O) groups excluding carboxylic acids is 1. The number of nitrogens with zero attached hydrogens (tertiary/aromatic N) is 2. The van der Waals surface area contributed by atoms with Crippen molar-refractivity contribution in [1.29, 1.82) is 5.26 Å². The minimum absolute atomic E-state index is 0.123. The Balaban J connectivity index is 3.75. The fraction of sp³-hybridized carbons (Fsp3) is 0.833. The van der Waals surface area contributed by atoms with Gasteiger partial charge in [0.15, 0.2) is 0 Å². The second-order valence-corrected chi connectivity index (χ2v) is 3.80. The van der Waals surface area contributed by atoms with Crippen LogP contribution in [0, 0.1) is 11.3 Å². The van der Waals surface area contributed by atoms with Gasteiger partial charge in [-0.3, -0.25) is 4.79 Å². The molecular weight excluding hydrogens is 202 g/mol. The second kappa shape index (κ2) is 9.17. The maximum absolute atomic E-state index is 11.8. The van der Waals surface area contributed by atoms with E-state index in [0.717, 1.165) is 32.5 Å². The van der Waals surface area contributed by atoms with Gasteiger partial charge in [0.2, 0.25) is 5.91 Å². The number of rotatable bonds is 8. The minimum Gasteiger partial charge on any atom is -0.342 e. The quantitative estimate of drug-likeness (QED) is 0.637. The third-order valence-corrected chi connectivity index (χ3v) is 2.61. The van der Waals surface area contributed by atoms with Gasteiger partial charge in [-0.2, -0.15) is 5.26 Å². The van der Waals surface area contributed by atoms with E-state index >= 15 is 0 Å². The van der Waals surface area contributed by atoms with E-state index in [1.165, 1.54) is 0 Å². The number of nitriles is 1. The molecule has 0 aliphatic carbocycles. The van der Waals surface area contributed by atoms with Crippen LogP contribution in [-0.2, 0) is 4.79 Å². The molecule has 16 heavy (non-hydrogen) atoms. The molecule has 4 nitrogen and oxygen atoms in total. The summed E-state index contributed by atoms with van der Waals surface area (Å²) < 4.78 is 0. The van der Waals surface area contributed by atoms with Gasteiger partial charge in [-0.25, -0.2) is 0 Å². The van der Waals surface area contributed by atoms with Gasteiger partial charge in [-0.1, -0.05) is 0 Å². The lowest BCUT2D eigenvalue weighted by Crippen LogP contribution is -2.45. The molecule has 0 radical (unpaired) electrons. The molecule has 0 aromatic heterocycles. The Labute approximate surface area is 98.6 Å². The van der Waals surface area contributed by atoms with E-state index < -0.39 is 0 Å². The Morgan fingerprint density at radius 2 is 2.00 bits per heavy atom. The van der Waals surface area contributed by atoms with Crippen molar-refractivity contribution in [2.45, 2.75) is 46.1 Å². The van der Waals surface area contributed by atoms with Crippen molar-refractivity contribution in [3.05, 3.63) is 0 Å². The monoisotopic (exact) mass is 225 g/mol. The SMILES string of the molecule is CCN(CC)C(=O)C(C)NCCCCC#N. The third kappa shape index (κ3) is 5.72. The lowest BCUT2D eigenvalue weighted by Gasteiger charge is -2.23. The number of carbonyl (C=O) groups is 1. The molecule has 0 aromatic carbocycles. The highest BCUT2D eigenvalue weighted by Gasteiger charge is 2.16. The molecule has 1 atom stereocenters. The highest BCUT2D eigenvalue weighted by atomic mass is 16.2. The molecule has 0 bridgehead atoms. The van der Waals surface area contributed by atoms with Crippen LogP contribution in [0.25, 0.3) is 0 Å². The summed E-state index contributed by atoms with van der Waals surface area (Å²) in [7, 11) is 0. The molecule has 1 unspecified atom stereocenters. The van der Waals surface area contributed by atoms with Crippen LogP contribution in [-0.4, -0.2) is 36.5 Å². The summed E-state index contributed by atoms with van der Waals surface area (Å²) in [5.41, 5.74) is 0. The van der Waals surface area contributed by atoms with Gasteiger partial charge in [-0.05, 0) is 40.2 Å². The summed E-state index contributed by atoms with van der Waals surface area (Å²) in [6.07, 6.45) is 2.44. The Morgan fingerprint density at radius 3 is 2.50 bits per heavy atom. The van der Waals surface area contributed by atoms with Crippen LogP contribution in [0.1, 0.15) is 40.0 Å². The maximum atomic E-state index is 11.8. The van der Waals surface area contributed by atoms with Gasteiger partial charge in [0.25, 0.3) is 0 Å². The van der Waals surface area contributed by atoms with Crippen molar-refractivity contribution < 1.29 is 4.79 Å².